The number of H-pyrrole nitrogens is 3. The van der Waals surface area contributed by atoms with Crippen LogP contribution in [-0.2, 0) is 33.2 Å². The van der Waals surface area contributed by atoms with Crippen molar-refractivity contribution in [2.45, 2.75) is 154 Å². The summed E-state index contributed by atoms with van der Waals surface area (Å²) in [6, 6.07) is 6.71. The number of nitrogens with zero attached hydrogens (tertiary/aromatic N) is 6. The second kappa shape index (κ2) is 31.9. The summed E-state index contributed by atoms with van der Waals surface area (Å²) in [7, 11) is -3.61. The number of aromatic amines is 3. The normalized spacial score (nSPS) is 25.6. The summed E-state index contributed by atoms with van der Waals surface area (Å²) in [5.41, 5.74) is 5.16. The van der Waals surface area contributed by atoms with Crippen LogP contribution in [0.4, 0.5) is 0 Å². The standard InChI is InChI=1S/C12H18N2O6S.C11H14N2O3.C10H15N3O4.C10H14N2O5.C8H5NO2.CH3.2K/c1-4-8-9(20-21(3,17)18)5-10(19-8)14-6-7(2)11(15)13-12(14)16;1-3-7-8-4-9(15-7)13-5-6(2)10(14)12-11(13)16-8;1-5-3-13(10(16)12-9(5)15)8-2-6(11)7(4-14)17-8;1-5-3-12(10(16)11-9(5)15)8-2-6(14)7(4-13)17-8;10-7-5-3-1-2-4-6(5)8(11)9-7;;;/h6,8-10H,4-5H2,1-3H3,(H,13,15,16);5,7-9H,3-4H2,1-2H3;3,6-8,14H,2,4,11H2,1H3,(H,12,15,16);3,6-8,13-14H,2,4H2,1H3,(H,11,15,16);1-4H,(H,9,10,11);1H3;;/q;;;;;-1;2*+1/p-1/t8-,9+,10-;7-,8+,9-;2*6-,7-,8-;;;;/m1111..../s1. The van der Waals surface area contributed by atoms with Crippen molar-refractivity contribution >= 4 is 21.9 Å². The van der Waals surface area contributed by atoms with E-state index in [9.17, 15) is 56.7 Å². The van der Waals surface area contributed by atoms with Crippen molar-refractivity contribution in [2.24, 2.45) is 5.73 Å². The first-order valence-corrected chi connectivity index (χ1v) is 27.8. The van der Waals surface area contributed by atoms with Crippen molar-refractivity contribution in [2.75, 3.05) is 19.5 Å². The van der Waals surface area contributed by atoms with E-state index < -0.39 is 105 Å². The molecular formula is C52H68K2N10O20S. The molecule has 4 aromatic heterocycles. The molecule has 454 valence electrons. The average Bonchev–Trinajstić information content (AvgIpc) is 4.47. The van der Waals surface area contributed by atoms with Crippen LogP contribution in [0.3, 0.4) is 0 Å². The summed E-state index contributed by atoms with van der Waals surface area (Å²) in [6.45, 7) is 9.92. The van der Waals surface area contributed by atoms with Gasteiger partial charge in [0.05, 0.1) is 55.7 Å². The molecule has 0 aliphatic carbocycles. The van der Waals surface area contributed by atoms with Gasteiger partial charge in [-0.1, -0.05) is 38.1 Å². The first kappa shape index (κ1) is 73.4. The summed E-state index contributed by atoms with van der Waals surface area (Å²) in [5, 5.41) is 30.8. The Morgan fingerprint density at radius 2 is 1.04 bits per heavy atom. The number of aliphatic hydroxyl groups excluding tert-OH is 3. The Morgan fingerprint density at radius 3 is 1.47 bits per heavy atom. The molecule has 8 N–H and O–H groups in total. The fourth-order valence-electron chi connectivity index (χ4n) is 9.52. The number of aryl methyl sites for hydroxylation is 4. The molecule has 10 heterocycles. The molecule has 0 unspecified atom stereocenters. The Labute approximate surface area is 570 Å². The van der Waals surface area contributed by atoms with E-state index in [2.05, 4.69) is 32.2 Å². The van der Waals surface area contributed by atoms with E-state index in [0.717, 1.165) is 19.1 Å². The molecule has 6 aliphatic heterocycles. The van der Waals surface area contributed by atoms with Gasteiger partial charge in [-0.25, -0.2) is 14.4 Å². The summed E-state index contributed by atoms with van der Waals surface area (Å²) in [6.07, 6.45) is 5.36. The van der Waals surface area contributed by atoms with Gasteiger partial charge in [0.2, 0.25) is 0 Å². The van der Waals surface area contributed by atoms with Gasteiger partial charge in [-0.05, 0) is 40.5 Å². The number of aromatic nitrogens is 8. The number of hydrogen-bond acceptors (Lipinski definition) is 22. The molecule has 6 aliphatic rings. The van der Waals surface area contributed by atoms with Crippen molar-refractivity contribution in [3.05, 3.63) is 168 Å². The Kier molecular flexibility index (Phi) is 27.6. The minimum Gasteiger partial charge on any atom is -0.587 e. The van der Waals surface area contributed by atoms with Crippen LogP contribution in [0.2, 0.25) is 0 Å². The maximum Gasteiger partial charge on any atom is 1.00 e. The third kappa shape index (κ3) is 18.1. The van der Waals surface area contributed by atoms with Gasteiger partial charge < -0.3 is 67.1 Å². The second-order valence-corrected chi connectivity index (χ2v) is 21.6. The third-order valence-corrected chi connectivity index (χ3v) is 14.5. The van der Waals surface area contributed by atoms with Gasteiger partial charge in [-0.15, -0.1) is 0 Å². The number of benzene rings is 1. The zero-order valence-electron chi connectivity index (χ0n) is 48.7. The number of nitrogens with one attached hydrogen (secondary N) is 3. The maximum absolute atomic E-state index is 11.8. The molecule has 85 heavy (non-hydrogen) atoms. The van der Waals surface area contributed by atoms with E-state index in [1.54, 1.807) is 58.2 Å². The number of carbonyl (C=O) groups excluding carboxylic acids is 2. The predicted octanol–water partition coefficient (Wildman–Crippen LogP) is -6.35. The Morgan fingerprint density at radius 1 is 0.624 bits per heavy atom. The van der Waals surface area contributed by atoms with Crippen molar-refractivity contribution in [3.63, 3.8) is 0 Å². The topological polar surface area (TPSA) is 424 Å². The smallest absolute Gasteiger partial charge is 0.587 e. The molecular weight excluding hydrogens is 1190 g/mol. The van der Waals surface area contributed by atoms with Crippen LogP contribution in [0.1, 0.15) is 120 Å². The molecule has 0 radical (unpaired) electrons. The summed E-state index contributed by atoms with van der Waals surface area (Å²) < 4.78 is 61.1. The van der Waals surface area contributed by atoms with Crippen LogP contribution in [0.25, 0.3) is 5.32 Å². The van der Waals surface area contributed by atoms with E-state index in [1.165, 1.54) is 32.3 Å². The molecule has 2 bridgehead atoms. The molecule has 0 saturated carbocycles. The second-order valence-electron chi connectivity index (χ2n) is 20.0. The van der Waals surface area contributed by atoms with Crippen molar-refractivity contribution in [1.82, 2.24) is 38.2 Å². The van der Waals surface area contributed by atoms with Crippen LogP contribution in [0.15, 0.2) is 82.6 Å². The molecule has 1 aromatic carbocycles. The summed E-state index contributed by atoms with van der Waals surface area (Å²) >= 11 is 0. The number of ether oxygens (including phenoxy) is 5. The number of hydrogen-bond donors (Lipinski definition) is 7. The number of imide groups is 1. The van der Waals surface area contributed by atoms with E-state index in [-0.39, 0.29) is 166 Å². The first-order valence-electron chi connectivity index (χ1n) is 26.0. The SMILES string of the molecule is CC[C@H]1O[C@@H](n2cc(C)c(=O)[nH]c2=O)C[C@@H]1OS(C)(=O)=O.CC[C@H]1O[C@@H]2C[C@@H]1Oc1nc(=O)c(C)cn12.Cc1cn([C@H]2C[C@@H](N)[C@@H](CO)O2)c(=O)[nH]c1=O.Cc1cn([C@H]2C[C@@H](O)[C@@H](CO)O2)c(=O)[nH]c1=O.O=C1[N-]C(=O)c2ccccc21.[CH3-].[K+].[K+]. The van der Waals surface area contributed by atoms with Crippen molar-refractivity contribution in [3.8, 4) is 6.01 Å². The van der Waals surface area contributed by atoms with Gasteiger partial charge in [-0.2, -0.15) is 13.4 Å². The minimum atomic E-state index is -3.61. The fourth-order valence-corrected chi connectivity index (χ4v) is 10.2. The monoisotopic (exact) mass is 1260 g/mol. The third-order valence-electron chi connectivity index (χ3n) is 13.9. The molecule has 4 saturated heterocycles. The number of rotatable bonds is 9. The quantitative estimate of drug-likeness (QED) is 0.0312. The predicted molar refractivity (Wildman–Crippen MR) is 293 cm³/mol. The van der Waals surface area contributed by atoms with E-state index in [4.69, 9.17) is 43.8 Å². The van der Waals surface area contributed by atoms with Crippen LogP contribution < -0.4 is 153 Å². The number of carbonyl (C=O) groups is 2. The largest absolute Gasteiger partial charge is 1.00 e. The fraction of sp³-hybridized carbons (Fsp3) is 0.519. The van der Waals surface area contributed by atoms with Gasteiger partial charge in [-0.3, -0.25) is 56.6 Å². The average molecular weight is 1260 g/mol. The molecule has 11 rings (SSSR count). The molecule has 2 amide bonds. The summed E-state index contributed by atoms with van der Waals surface area (Å²) in [4.78, 5) is 112. The van der Waals surface area contributed by atoms with Gasteiger partial charge in [0.15, 0.2) is 0 Å². The number of fused-ring (bicyclic) bond motifs is 5. The number of amides is 2. The van der Waals surface area contributed by atoms with Crippen LogP contribution >= 0.6 is 0 Å². The van der Waals surface area contributed by atoms with Crippen LogP contribution in [0.5, 0.6) is 6.01 Å². The van der Waals surface area contributed by atoms with Gasteiger partial charge in [0.1, 0.15) is 43.2 Å². The molecule has 33 heteroatoms. The molecule has 0 spiro atoms. The Hall–Kier alpha value is -4.06. The van der Waals surface area contributed by atoms with Crippen molar-refractivity contribution < 1.29 is 164 Å². The summed E-state index contributed by atoms with van der Waals surface area (Å²) in [5.74, 6) is -0.851. The van der Waals surface area contributed by atoms with E-state index >= 15 is 0 Å². The Balaban J connectivity index is 0.000000228. The van der Waals surface area contributed by atoms with E-state index in [1.807, 2.05) is 11.5 Å². The van der Waals surface area contributed by atoms with Crippen molar-refractivity contribution in [1.29, 1.82) is 0 Å². The maximum atomic E-state index is 11.8. The van der Waals surface area contributed by atoms with Gasteiger partial charge in [0, 0.05) is 89.9 Å². The van der Waals surface area contributed by atoms with Gasteiger partial charge >= 0.3 is 126 Å². The van der Waals surface area contributed by atoms with Crippen LogP contribution in [0, 0.1) is 35.1 Å². The molecule has 12 atom stereocenters. The first-order chi connectivity index (χ1) is 38.7. The molecule has 5 aromatic rings. The number of aliphatic hydroxyl groups is 3. The Bertz CT molecular complexity index is 3590. The van der Waals surface area contributed by atoms with Gasteiger partial charge in [0.25, 0.3) is 32.4 Å². The molecule has 30 nitrogen and oxygen atoms in total. The zero-order chi connectivity index (χ0) is 60.1. The minimum absolute atomic E-state index is 0. The number of nitrogens with two attached hydrogens (primary N) is 1. The zero-order valence-corrected chi connectivity index (χ0v) is 55.7. The van der Waals surface area contributed by atoms with Crippen LogP contribution in [-0.4, -0.2) is 142 Å². The molecule has 4 fully saturated rings. The van der Waals surface area contributed by atoms with E-state index in [0.29, 0.717) is 52.2 Å².